The summed E-state index contributed by atoms with van der Waals surface area (Å²) >= 11 is 0. The van der Waals surface area contributed by atoms with Crippen LogP contribution in [0, 0.1) is 11.8 Å². The summed E-state index contributed by atoms with van der Waals surface area (Å²) in [5.41, 5.74) is 23.3. The van der Waals surface area contributed by atoms with Gasteiger partial charge in [0.1, 0.15) is 12.0 Å². The Balaban J connectivity index is 0.640. The highest BCUT2D eigenvalue weighted by Crippen LogP contribution is 2.56. The van der Waals surface area contributed by atoms with Gasteiger partial charge >= 0.3 is 0 Å². The number of fused-ring (bicyclic) bond motifs is 9. The molecular formula is C92H66N4. The molecule has 4 unspecified atom stereocenters. The Bertz CT molecular complexity index is 5740. The van der Waals surface area contributed by atoms with Crippen LogP contribution in [0.3, 0.4) is 0 Å². The minimum absolute atomic E-state index is 0.0330. The summed E-state index contributed by atoms with van der Waals surface area (Å²) in [4.78, 5) is 8.04. The van der Waals surface area contributed by atoms with Crippen molar-refractivity contribution in [1.29, 1.82) is 0 Å². The van der Waals surface area contributed by atoms with Gasteiger partial charge in [0.2, 0.25) is 0 Å². The fourth-order valence-electron chi connectivity index (χ4n) is 16.7. The molecule has 2 heterocycles. The molecule has 19 rings (SSSR count). The number of para-hydroxylation sites is 3. The molecule has 4 nitrogen and oxygen atoms in total. The van der Waals surface area contributed by atoms with E-state index < -0.39 is 0 Å². The maximum absolute atomic E-state index is 5.54. The maximum atomic E-state index is 5.54. The van der Waals surface area contributed by atoms with Gasteiger partial charge in [0.25, 0.3) is 0 Å². The standard InChI is InChI=1S/C92H66N4/c1-2-25-71(26-3-1)96-86-53-37-59(38-54-87-93-83-35-16-17-36-85(83)95(87)72-50-47-64(48-51-72)88-77-30-12-14-32-79(77)91(80-33-15-13-31-78(80)88)74-34-18-24-63-21-8-9-27-73(63)74)55-84(86)94-92(96)65-43-39-62(40-44-65)68-49-52-81-82(58-68)90(70-46-42-61-20-5-7-23-67(61)57-70)76-29-11-10-28-75(76)89(81)69-45-41-60-19-4-6-22-66(60)56-69/h1-27,29-37,39-53,55-58,75,81,87,89,93H,28,38,54H2. The molecule has 0 amide bonds. The Kier molecular flexibility index (Phi) is 13.4. The van der Waals surface area contributed by atoms with E-state index in [0.717, 1.165) is 58.7 Å². The molecule has 14 aromatic carbocycles. The Labute approximate surface area is 559 Å². The van der Waals surface area contributed by atoms with Crippen LogP contribution in [0.15, 0.2) is 345 Å². The second kappa shape index (κ2) is 23.0. The predicted octanol–water partition coefficient (Wildman–Crippen LogP) is 23.6. The zero-order valence-corrected chi connectivity index (χ0v) is 53.0. The van der Waals surface area contributed by atoms with Crippen LogP contribution in [0.5, 0.6) is 0 Å². The monoisotopic (exact) mass is 1230 g/mol. The van der Waals surface area contributed by atoms with Crippen molar-refractivity contribution >= 4 is 93.1 Å². The molecule has 0 bridgehead atoms. The van der Waals surface area contributed by atoms with Crippen molar-refractivity contribution in [3.8, 4) is 39.3 Å². The number of rotatable bonds is 11. The van der Waals surface area contributed by atoms with E-state index in [0.29, 0.717) is 5.92 Å². The number of benzene rings is 14. The van der Waals surface area contributed by atoms with Crippen molar-refractivity contribution in [2.24, 2.45) is 11.8 Å². The van der Waals surface area contributed by atoms with Gasteiger partial charge in [0.15, 0.2) is 0 Å². The van der Waals surface area contributed by atoms with Crippen molar-refractivity contribution in [2.75, 3.05) is 10.2 Å². The van der Waals surface area contributed by atoms with Gasteiger partial charge in [-0.25, -0.2) is 4.98 Å². The predicted molar refractivity (Wildman–Crippen MR) is 404 cm³/mol. The fourth-order valence-corrected chi connectivity index (χ4v) is 16.7. The van der Waals surface area contributed by atoms with E-state index in [4.69, 9.17) is 4.98 Å². The third kappa shape index (κ3) is 9.38. The van der Waals surface area contributed by atoms with E-state index in [9.17, 15) is 0 Å². The first-order chi connectivity index (χ1) is 47.6. The van der Waals surface area contributed by atoms with E-state index in [1.807, 2.05) is 0 Å². The third-order valence-corrected chi connectivity index (χ3v) is 21.1. The van der Waals surface area contributed by atoms with Gasteiger partial charge in [-0.15, -0.1) is 0 Å². The van der Waals surface area contributed by atoms with Crippen LogP contribution in [0.1, 0.15) is 41.0 Å². The van der Waals surface area contributed by atoms with Crippen molar-refractivity contribution in [1.82, 2.24) is 9.55 Å². The Hall–Kier alpha value is -11.9. The van der Waals surface area contributed by atoms with E-state index in [1.54, 1.807) is 0 Å². The lowest BCUT2D eigenvalue weighted by Gasteiger charge is -2.43. The van der Waals surface area contributed by atoms with Crippen LogP contribution in [-0.4, -0.2) is 15.7 Å². The van der Waals surface area contributed by atoms with Crippen LogP contribution in [0.25, 0.3) is 115 Å². The quantitative estimate of drug-likeness (QED) is 0.131. The molecule has 0 spiro atoms. The summed E-state index contributed by atoms with van der Waals surface area (Å²) in [6.45, 7) is 0. The topological polar surface area (TPSA) is 33.1 Å². The molecular weight excluding hydrogens is 1160 g/mol. The molecule has 1 aromatic heterocycles. The molecule has 0 fully saturated rings. The van der Waals surface area contributed by atoms with Gasteiger partial charge in [-0.1, -0.05) is 273 Å². The Morgan fingerprint density at radius 1 is 0.469 bits per heavy atom. The second-order valence-corrected chi connectivity index (χ2v) is 26.4. The second-order valence-electron chi connectivity index (χ2n) is 26.4. The van der Waals surface area contributed by atoms with E-state index in [2.05, 4.69) is 348 Å². The lowest BCUT2D eigenvalue weighted by atomic mass is 9.60. The minimum Gasteiger partial charge on any atom is -0.363 e. The van der Waals surface area contributed by atoms with E-state index in [-0.39, 0.29) is 18.0 Å². The molecule has 4 atom stereocenters. The smallest absolute Gasteiger partial charge is 0.145 e. The summed E-state index contributed by atoms with van der Waals surface area (Å²) in [6, 6.07) is 110. The number of nitrogens with zero attached hydrogens (tertiary/aromatic N) is 3. The molecule has 0 saturated heterocycles. The van der Waals surface area contributed by atoms with Crippen LogP contribution in [0.4, 0.5) is 17.1 Å². The first-order valence-corrected chi connectivity index (χ1v) is 33.9. The summed E-state index contributed by atoms with van der Waals surface area (Å²) in [6.07, 6.45) is 17.3. The van der Waals surface area contributed by atoms with Gasteiger partial charge < -0.3 is 10.2 Å². The number of imidazole rings is 1. The van der Waals surface area contributed by atoms with Gasteiger partial charge in [0, 0.05) is 28.8 Å². The Morgan fingerprint density at radius 2 is 1.09 bits per heavy atom. The van der Waals surface area contributed by atoms with Gasteiger partial charge in [-0.05, 0) is 207 Å². The van der Waals surface area contributed by atoms with Crippen molar-refractivity contribution in [2.45, 2.75) is 31.3 Å². The van der Waals surface area contributed by atoms with Gasteiger partial charge in [-0.2, -0.15) is 0 Å². The molecule has 15 aromatic rings. The maximum Gasteiger partial charge on any atom is 0.145 e. The zero-order valence-electron chi connectivity index (χ0n) is 53.0. The number of hydrogen-bond donors (Lipinski definition) is 1. The number of allylic oxidation sites excluding steroid dienone is 10. The summed E-state index contributed by atoms with van der Waals surface area (Å²) in [7, 11) is 0. The number of aryl methyl sites for hydroxylation is 1. The number of nitrogens with one attached hydrogen (secondary N) is 1. The number of anilines is 3. The average molecular weight is 1230 g/mol. The van der Waals surface area contributed by atoms with Crippen molar-refractivity contribution < 1.29 is 0 Å². The molecule has 0 saturated carbocycles. The van der Waals surface area contributed by atoms with Crippen LogP contribution in [0.2, 0.25) is 0 Å². The summed E-state index contributed by atoms with van der Waals surface area (Å²) < 4.78 is 2.34. The summed E-state index contributed by atoms with van der Waals surface area (Å²) in [5.74, 6) is 1.75. The third-order valence-electron chi connectivity index (χ3n) is 21.1. The largest absolute Gasteiger partial charge is 0.363 e. The number of hydrogen-bond acceptors (Lipinski definition) is 3. The lowest BCUT2D eigenvalue weighted by Crippen LogP contribution is -2.32. The molecule has 4 aliphatic rings. The van der Waals surface area contributed by atoms with Crippen molar-refractivity contribution in [3.05, 3.63) is 367 Å². The molecule has 4 heteroatoms. The first-order valence-electron chi connectivity index (χ1n) is 33.9. The molecule has 1 aliphatic heterocycles. The first kappa shape index (κ1) is 55.8. The molecule has 96 heavy (non-hydrogen) atoms. The van der Waals surface area contributed by atoms with E-state index in [1.165, 1.54) is 126 Å². The number of aromatic nitrogens is 2. The highest BCUT2D eigenvalue weighted by molar-refractivity contribution is 6.23. The highest BCUT2D eigenvalue weighted by atomic mass is 15.3. The molecule has 3 aliphatic carbocycles. The zero-order chi connectivity index (χ0) is 63.2. The van der Waals surface area contributed by atoms with Gasteiger partial charge in [-0.3, -0.25) is 4.57 Å². The normalized spacial score (nSPS) is 17.3. The minimum atomic E-state index is 0.0330. The van der Waals surface area contributed by atoms with E-state index >= 15 is 0 Å². The van der Waals surface area contributed by atoms with Crippen molar-refractivity contribution in [3.63, 3.8) is 0 Å². The highest BCUT2D eigenvalue weighted by Gasteiger charge is 2.42. The molecule has 454 valence electrons. The average Bonchev–Trinajstić information content (AvgIpc) is 1.05. The lowest BCUT2D eigenvalue weighted by molar-refractivity contribution is 0.419. The summed E-state index contributed by atoms with van der Waals surface area (Å²) in [5, 5.41) is 16.6. The Morgan fingerprint density at radius 3 is 1.86 bits per heavy atom. The molecule has 0 radical (unpaired) electrons. The SMILES string of the molecule is C1=CCC2C(=C1)C(c1ccc3ccccc3c1)=C1C=C(c3ccc(-c4nc5cc(CCC6Nc7ccccc7N6c6ccc(-c7c8ccccc8c(-c8cccc9ccccc89)c8ccccc78)cc6)ccc5n4-c4ccccc4)cc3)C=CC1C2c1ccc2ccccc2c1. The molecule has 1 N–H and O–H groups in total. The van der Waals surface area contributed by atoms with Gasteiger partial charge in [0.05, 0.1) is 22.4 Å². The fraction of sp³-hybridized carbons (Fsp3) is 0.0761. The van der Waals surface area contributed by atoms with Crippen LogP contribution in [-0.2, 0) is 6.42 Å². The van der Waals surface area contributed by atoms with Crippen LogP contribution < -0.4 is 10.2 Å². The van der Waals surface area contributed by atoms with Crippen LogP contribution >= 0.6 is 0 Å².